The number of para-hydroxylation sites is 1. The van der Waals surface area contributed by atoms with Gasteiger partial charge < -0.3 is 5.32 Å². The predicted octanol–water partition coefficient (Wildman–Crippen LogP) is 5.21. The maximum Gasteiger partial charge on any atom is 0.0700 e. The third-order valence-electron chi connectivity index (χ3n) is 3.20. The number of nitrogens with zero attached hydrogens (tertiary/aromatic N) is 1. The van der Waals surface area contributed by atoms with E-state index < -0.39 is 0 Å². The molecule has 5 heteroatoms. The quantitative estimate of drug-likeness (QED) is 0.623. The molecule has 1 aromatic heterocycles. The fourth-order valence-corrected chi connectivity index (χ4v) is 3.43. The zero-order chi connectivity index (χ0) is 14.7. The van der Waals surface area contributed by atoms with Crippen LogP contribution in [0.5, 0.6) is 0 Å². The summed E-state index contributed by atoms with van der Waals surface area (Å²) in [7, 11) is 0. The second kappa shape index (κ2) is 6.45. The fraction of sp³-hybridized carbons (Fsp3) is 0.0625. The van der Waals surface area contributed by atoms with Gasteiger partial charge >= 0.3 is 0 Å². The van der Waals surface area contributed by atoms with E-state index in [0.717, 1.165) is 31.5 Å². The summed E-state index contributed by atoms with van der Waals surface area (Å²) in [5.41, 5.74) is 4.35. The number of benzene rings is 2. The standard InChI is InChI=1S/C16H13Br2N3/c17-13-7-4-8-14(18)16(13)19-9-12-10-20-21-15(12)11-5-2-1-3-6-11/h1-8,10,19H,9H2,(H,20,21). The maximum absolute atomic E-state index is 4.17. The third-order valence-corrected chi connectivity index (χ3v) is 4.52. The average molecular weight is 407 g/mol. The molecule has 0 atom stereocenters. The van der Waals surface area contributed by atoms with Crippen LogP contribution in [0.25, 0.3) is 11.3 Å². The van der Waals surface area contributed by atoms with Crippen LogP contribution in [-0.2, 0) is 6.54 Å². The Morgan fingerprint density at radius 3 is 2.38 bits per heavy atom. The molecule has 21 heavy (non-hydrogen) atoms. The molecule has 2 N–H and O–H groups in total. The van der Waals surface area contributed by atoms with E-state index in [1.165, 1.54) is 0 Å². The Morgan fingerprint density at radius 2 is 1.67 bits per heavy atom. The van der Waals surface area contributed by atoms with Crippen molar-refractivity contribution in [1.29, 1.82) is 0 Å². The molecule has 2 aromatic carbocycles. The number of anilines is 1. The van der Waals surface area contributed by atoms with Crippen molar-refractivity contribution in [3.05, 3.63) is 69.2 Å². The number of nitrogens with one attached hydrogen (secondary N) is 2. The SMILES string of the molecule is Brc1cccc(Br)c1NCc1cn[nH]c1-c1ccccc1. The van der Waals surface area contributed by atoms with Crippen molar-refractivity contribution in [3.8, 4) is 11.3 Å². The lowest BCUT2D eigenvalue weighted by Gasteiger charge is -2.11. The molecule has 0 saturated heterocycles. The Labute approximate surface area is 140 Å². The first-order chi connectivity index (χ1) is 10.3. The van der Waals surface area contributed by atoms with Crippen LogP contribution in [0.2, 0.25) is 0 Å². The van der Waals surface area contributed by atoms with Crippen LogP contribution in [0.3, 0.4) is 0 Å². The Morgan fingerprint density at radius 1 is 0.952 bits per heavy atom. The lowest BCUT2D eigenvalue weighted by molar-refractivity contribution is 1.10. The summed E-state index contributed by atoms with van der Waals surface area (Å²) in [6, 6.07) is 16.2. The van der Waals surface area contributed by atoms with Gasteiger partial charge in [0, 0.05) is 21.1 Å². The summed E-state index contributed by atoms with van der Waals surface area (Å²) < 4.78 is 2.06. The Kier molecular flexibility index (Phi) is 4.41. The minimum Gasteiger partial charge on any atom is -0.379 e. The normalized spacial score (nSPS) is 10.6. The second-order valence-corrected chi connectivity index (χ2v) is 6.30. The molecular weight excluding hydrogens is 394 g/mol. The number of halogens is 2. The Hall–Kier alpha value is -1.59. The number of H-pyrrole nitrogens is 1. The van der Waals surface area contributed by atoms with Gasteiger partial charge in [-0.1, -0.05) is 36.4 Å². The van der Waals surface area contributed by atoms with Crippen molar-refractivity contribution in [1.82, 2.24) is 10.2 Å². The molecule has 0 unspecified atom stereocenters. The zero-order valence-corrected chi connectivity index (χ0v) is 14.3. The molecule has 106 valence electrons. The van der Waals surface area contributed by atoms with Crippen LogP contribution in [0.1, 0.15) is 5.56 Å². The lowest BCUT2D eigenvalue weighted by atomic mass is 10.1. The van der Waals surface area contributed by atoms with Crippen molar-refractivity contribution < 1.29 is 0 Å². The number of aromatic amines is 1. The minimum absolute atomic E-state index is 0.696. The van der Waals surface area contributed by atoms with E-state index in [0.29, 0.717) is 6.54 Å². The molecule has 0 fully saturated rings. The van der Waals surface area contributed by atoms with E-state index in [9.17, 15) is 0 Å². The topological polar surface area (TPSA) is 40.7 Å². The van der Waals surface area contributed by atoms with Crippen LogP contribution in [-0.4, -0.2) is 10.2 Å². The Balaban J connectivity index is 1.83. The lowest BCUT2D eigenvalue weighted by Crippen LogP contribution is -2.01. The van der Waals surface area contributed by atoms with E-state index >= 15 is 0 Å². The van der Waals surface area contributed by atoms with Gasteiger partial charge in [0.15, 0.2) is 0 Å². The van der Waals surface area contributed by atoms with Crippen molar-refractivity contribution in [2.75, 3.05) is 5.32 Å². The highest BCUT2D eigenvalue weighted by atomic mass is 79.9. The van der Waals surface area contributed by atoms with Crippen LogP contribution in [0, 0.1) is 0 Å². The molecule has 3 aromatic rings. The molecule has 0 aliphatic rings. The Bertz CT molecular complexity index is 718. The third kappa shape index (κ3) is 3.19. The molecular formula is C16H13Br2N3. The molecule has 0 aliphatic carbocycles. The molecule has 0 saturated carbocycles. The predicted molar refractivity (Wildman–Crippen MR) is 93.2 cm³/mol. The van der Waals surface area contributed by atoms with E-state index in [1.807, 2.05) is 42.6 Å². The van der Waals surface area contributed by atoms with Gasteiger partial charge in [-0.2, -0.15) is 5.10 Å². The van der Waals surface area contributed by atoms with Gasteiger partial charge in [0.05, 0.1) is 17.6 Å². The number of hydrogen-bond acceptors (Lipinski definition) is 2. The summed E-state index contributed by atoms with van der Waals surface area (Å²) >= 11 is 7.12. The first-order valence-electron chi connectivity index (χ1n) is 6.51. The van der Waals surface area contributed by atoms with Crippen molar-refractivity contribution >= 4 is 37.5 Å². The molecule has 0 radical (unpaired) electrons. The van der Waals surface area contributed by atoms with Crippen LogP contribution in [0.4, 0.5) is 5.69 Å². The van der Waals surface area contributed by atoms with E-state index in [-0.39, 0.29) is 0 Å². The van der Waals surface area contributed by atoms with Gasteiger partial charge in [-0.15, -0.1) is 0 Å². The van der Waals surface area contributed by atoms with Gasteiger partial charge in [0.25, 0.3) is 0 Å². The summed E-state index contributed by atoms with van der Waals surface area (Å²) in [5, 5.41) is 10.7. The molecule has 3 rings (SSSR count). The molecule has 3 nitrogen and oxygen atoms in total. The number of rotatable bonds is 4. The van der Waals surface area contributed by atoms with Gasteiger partial charge in [-0.05, 0) is 49.6 Å². The minimum atomic E-state index is 0.696. The maximum atomic E-state index is 4.17. The van der Waals surface area contributed by atoms with Gasteiger partial charge in [0.1, 0.15) is 0 Å². The average Bonchev–Trinajstić information content (AvgIpc) is 2.96. The molecule has 0 aliphatic heterocycles. The van der Waals surface area contributed by atoms with Gasteiger partial charge in [-0.3, -0.25) is 5.10 Å². The van der Waals surface area contributed by atoms with Crippen LogP contribution in [0.15, 0.2) is 63.7 Å². The molecule has 1 heterocycles. The van der Waals surface area contributed by atoms with Crippen molar-refractivity contribution in [2.24, 2.45) is 0 Å². The second-order valence-electron chi connectivity index (χ2n) is 4.59. The number of aromatic nitrogens is 2. The van der Waals surface area contributed by atoms with Crippen molar-refractivity contribution in [2.45, 2.75) is 6.54 Å². The first-order valence-corrected chi connectivity index (χ1v) is 8.10. The highest BCUT2D eigenvalue weighted by Crippen LogP contribution is 2.31. The summed E-state index contributed by atoms with van der Waals surface area (Å²) in [5.74, 6) is 0. The van der Waals surface area contributed by atoms with Crippen LogP contribution >= 0.6 is 31.9 Å². The number of hydrogen-bond donors (Lipinski definition) is 2. The van der Waals surface area contributed by atoms with E-state index in [1.54, 1.807) is 0 Å². The van der Waals surface area contributed by atoms with Crippen LogP contribution < -0.4 is 5.32 Å². The van der Waals surface area contributed by atoms with Crippen molar-refractivity contribution in [3.63, 3.8) is 0 Å². The molecule has 0 amide bonds. The summed E-state index contributed by atoms with van der Waals surface area (Å²) in [6.45, 7) is 0.696. The zero-order valence-electron chi connectivity index (χ0n) is 11.1. The van der Waals surface area contributed by atoms with E-state index in [4.69, 9.17) is 0 Å². The highest BCUT2D eigenvalue weighted by molar-refractivity contribution is 9.11. The monoisotopic (exact) mass is 405 g/mol. The van der Waals surface area contributed by atoms with Gasteiger partial charge in [-0.25, -0.2) is 0 Å². The smallest absolute Gasteiger partial charge is 0.0700 e. The molecule has 0 bridgehead atoms. The summed E-state index contributed by atoms with van der Waals surface area (Å²) in [6.07, 6.45) is 1.86. The molecule has 0 spiro atoms. The van der Waals surface area contributed by atoms with E-state index in [2.05, 4.69) is 59.5 Å². The first kappa shape index (κ1) is 14.4. The summed E-state index contributed by atoms with van der Waals surface area (Å²) in [4.78, 5) is 0. The fourth-order valence-electron chi connectivity index (χ4n) is 2.15. The van der Waals surface area contributed by atoms with Gasteiger partial charge in [0.2, 0.25) is 0 Å². The highest BCUT2D eigenvalue weighted by Gasteiger charge is 2.09. The largest absolute Gasteiger partial charge is 0.379 e.